The van der Waals surface area contributed by atoms with Crippen molar-refractivity contribution in [3.05, 3.63) is 23.9 Å². The van der Waals surface area contributed by atoms with E-state index >= 15 is 0 Å². The molecule has 0 unspecified atom stereocenters. The number of alkyl halides is 3. The molecule has 0 spiro atoms. The summed E-state index contributed by atoms with van der Waals surface area (Å²) in [5, 5.41) is 13.8. The standard InChI is InChI=1S/C16H16F3N3O3.CH2O2/c17-16(18,19)25-10-1-2-11-12(7-10)20-21-14(11)15(23)24-13-8-22-5-3-9(13)4-6-22;2-1-3/h1-2,7,9,13H,3-6,8H2,(H,20,21);1H,(H,2,3)/t13-;/m0./s1. The van der Waals surface area contributed by atoms with E-state index in [2.05, 4.69) is 19.8 Å². The first-order valence-corrected chi connectivity index (χ1v) is 8.56. The van der Waals surface area contributed by atoms with E-state index in [1.165, 1.54) is 6.07 Å². The second kappa shape index (κ2) is 8.05. The molecule has 28 heavy (non-hydrogen) atoms. The lowest BCUT2D eigenvalue weighted by Gasteiger charge is -2.43. The maximum atomic E-state index is 12.4. The first-order valence-electron chi connectivity index (χ1n) is 8.56. The zero-order chi connectivity index (χ0) is 20.3. The zero-order valence-electron chi connectivity index (χ0n) is 14.6. The monoisotopic (exact) mass is 401 g/mol. The summed E-state index contributed by atoms with van der Waals surface area (Å²) in [4.78, 5) is 23.1. The van der Waals surface area contributed by atoms with Crippen molar-refractivity contribution in [3.63, 3.8) is 0 Å². The highest BCUT2D eigenvalue weighted by Gasteiger charge is 2.37. The Kier molecular flexibility index (Phi) is 5.73. The van der Waals surface area contributed by atoms with Crippen LogP contribution in [0.15, 0.2) is 18.2 Å². The molecule has 5 rings (SSSR count). The van der Waals surface area contributed by atoms with E-state index in [1.54, 1.807) is 0 Å². The van der Waals surface area contributed by atoms with Crippen LogP contribution in [0.25, 0.3) is 10.9 Å². The van der Waals surface area contributed by atoms with Gasteiger partial charge in [-0.3, -0.25) is 14.8 Å². The Morgan fingerprint density at radius 1 is 1.32 bits per heavy atom. The highest BCUT2D eigenvalue weighted by Crippen LogP contribution is 2.31. The van der Waals surface area contributed by atoms with Crippen LogP contribution in [0, 0.1) is 5.92 Å². The summed E-state index contributed by atoms with van der Waals surface area (Å²) < 4.78 is 46.3. The van der Waals surface area contributed by atoms with Crippen molar-refractivity contribution >= 4 is 23.3 Å². The molecule has 8 nitrogen and oxygen atoms in total. The van der Waals surface area contributed by atoms with Gasteiger partial charge in [-0.05, 0) is 44.0 Å². The number of halogens is 3. The average molecular weight is 401 g/mol. The number of esters is 1. The number of ether oxygens (including phenoxy) is 2. The lowest BCUT2D eigenvalue weighted by molar-refractivity contribution is -0.274. The van der Waals surface area contributed by atoms with Crippen LogP contribution in [0.1, 0.15) is 23.3 Å². The maximum Gasteiger partial charge on any atom is 0.573 e. The second-order valence-corrected chi connectivity index (χ2v) is 6.51. The predicted molar refractivity (Wildman–Crippen MR) is 89.8 cm³/mol. The van der Waals surface area contributed by atoms with Gasteiger partial charge in [-0.2, -0.15) is 5.10 Å². The smallest absolute Gasteiger partial charge is 0.483 e. The van der Waals surface area contributed by atoms with Crippen LogP contribution < -0.4 is 4.74 Å². The lowest BCUT2D eigenvalue weighted by atomic mass is 9.86. The number of piperidine rings is 3. The van der Waals surface area contributed by atoms with E-state index in [9.17, 15) is 18.0 Å². The Morgan fingerprint density at radius 3 is 2.57 bits per heavy atom. The van der Waals surface area contributed by atoms with Crippen molar-refractivity contribution in [1.82, 2.24) is 15.1 Å². The largest absolute Gasteiger partial charge is 0.573 e. The van der Waals surface area contributed by atoms with Crippen molar-refractivity contribution < 1.29 is 37.3 Å². The van der Waals surface area contributed by atoms with Gasteiger partial charge < -0.3 is 14.6 Å². The highest BCUT2D eigenvalue weighted by atomic mass is 19.4. The van der Waals surface area contributed by atoms with Gasteiger partial charge in [0, 0.05) is 18.0 Å². The second-order valence-electron chi connectivity index (χ2n) is 6.51. The van der Waals surface area contributed by atoms with Gasteiger partial charge in [0.2, 0.25) is 0 Å². The van der Waals surface area contributed by atoms with Crippen molar-refractivity contribution in [1.29, 1.82) is 0 Å². The number of carbonyl (C=O) groups is 2. The fourth-order valence-electron chi connectivity index (χ4n) is 3.59. The number of hydrogen-bond donors (Lipinski definition) is 2. The van der Waals surface area contributed by atoms with Gasteiger partial charge in [0.1, 0.15) is 11.9 Å². The number of rotatable bonds is 3. The quantitative estimate of drug-likeness (QED) is 0.601. The number of nitrogens with zero attached hydrogens (tertiary/aromatic N) is 2. The minimum atomic E-state index is -4.77. The summed E-state index contributed by atoms with van der Waals surface area (Å²) in [6.45, 7) is 2.54. The van der Waals surface area contributed by atoms with Gasteiger partial charge in [-0.25, -0.2) is 4.79 Å². The molecule has 1 atom stereocenters. The normalized spacial score (nSPS) is 23.6. The highest BCUT2D eigenvalue weighted by molar-refractivity contribution is 6.02. The Morgan fingerprint density at radius 2 is 2.00 bits per heavy atom. The molecule has 2 bridgehead atoms. The van der Waals surface area contributed by atoms with Crippen LogP contribution in [0.4, 0.5) is 13.2 Å². The van der Waals surface area contributed by atoms with E-state index in [0.29, 0.717) is 11.3 Å². The number of H-pyrrole nitrogens is 1. The molecule has 1 aromatic heterocycles. The van der Waals surface area contributed by atoms with Crippen LogP contribution in [0.3, 0.4) is 0 Å². The SMILES string of the molecule is O=C(O[C@H]1CN2CCC1CC2)c1n[nH]c2cc(OC(F)(F)F)ccc12.O=CO. The topological polar surface area (TPSA) is 105 Å². The van der Waals surface area contributed by atoms with Gasteiger partial charge in [-0.15, -0.1) is 13.2 Å². The van der Waals surface area contributed by atoms with Crippen molar-refractivity contribution in [3.8, 4) is 5.75 Å². The fourth-order valence-corrected chi connectivity index (χ4v) is 3.59. The minimum absolute atomic E-state index is 0.0741. The summed E-state index contributed by atoms with van der Waals surface area (Å²) in [6.07, 6.45) is -2.91. The molecule has 3 aliphatic heterocycles. The molecule has 152 valence electrons. The molecule has 11 heteroatoms. The van der Waals surface area contributed by atoms with Gasteiger partial charge in [0.05, 0.1) is 5.52 Å². The third-order valence-corrected chi connectivity index (χ3v) is 4.82. The number of carbonyl (C=O) groups excluding carboxylic acids is 1. The number of aromatic nitrogens is 2. The Hall–Kier alpha value is -2.82. The molecular weight excluding hydrogens is 383 g/mol. The summed E-state index contributed by atoms with van der Waals surface area (Å²) in [5.41, 5.74) is 0.354. The first kappa shape index (κ1) is 19.9. The fraction of sp³-hybridized carbons (Fsp3) is 0.471. The molecule has 3 fully saturated rings. The third-order valence-electron chi connectivity index (χ3n) is 4.82. The van der Waals surface area contributed by atoms with Crippen LogP contribution >= 0.6 is 0 Å². The Labute approximate surface area is 157 Å². The summed E-state index contributed by atoms with van der Waals surface area (Å²) >= 11 is 0. The van der Waals surface area contributed by atoms with Gasteiger partial charge in [0.25, 0.3) is 6.47 Å². The molecule has 3 aliphatic rings. The molecule has 0 saturated carbocycles. The number of nitrogens with one attached hydrogen (secondary N) is 1. The van der Waals surface area contributed by atoms with Gasteiger partial charge in [0.15, 0.2) is 5.69 Å². The number of aromatic amines is 1. The van der Waals surface area contributed by atoms with Gasteiger partial charge >= 0.3 is 12.3 Å². The molecule has 3 saturated heterocycles. The molecular formula is C17H18F3N3O5. The summed E-state index contributed by atoms with van der Waals surface area (Å²) in [5.74, 6) is -0.568. The molecule has 4 heterocycles. The Bertz CT molecular complexity index is 846. The van der Waals surface area contributed by atoms with Crippen LogP contribution in [-0.2, 0) is 9.53 Å². The van der Waals surface area contributed by atoms with Crippen LogP contribution in [-0.4, -0.2) is 64.7 Å². The van der Waals surface area contributed by atoms with E-state index in [4.69, 9.17) is 14.6 Å². The number of carboxylic acid groups (broad SMARTS) is 1. The van der Waals surface area contributed by atoms with Crippen molar-refractivity contribution in [2.75, 3.05) is 19.6 Å². The number of fused-ring (bicyclic) bond motifs is 4. The van der Waals surface area contributed by atoms with Gasteiger partial charge in [-0.1, -0.05) is 0 Å². The predicted octanol–water partition coefficient (Wildman–Crippen LogP) is 2.41. The van der Waals surface area contributed by atoms with Crippen LogP contribution in [0.2, 0.25) is 0 Å². The third kappa shape index (κ3) is 4.53. The molecule has 0 aliphatic carbocycles. The van der Waals surface area contributed by atoms with Crippen molar-refractivity contribution in [2.45, 2.75) is 25.3 Å². The zero-order valence-corrected chi connectivity index (χ0v) is 14.6. The average Bonchev–Trinajstić information content (AvgIpc) is 3.05. The van der Waals surface area contributed by atoms with E-state index in [-0.39, 0.29) is 29.5 Å². The Balaban J connectivity index is 0.000000706. The molecule has 0 amide bonds. The summed E-state index contributed by atoms with van der Waals surface area (Å²) in [6, 6.07) is 3.67. The van der Waals surface area contributed by atoms with E-state index in [1.807, 2.05) is 0 Å². The first-order chi connectivity index (χ1) is 13.3. The molecule has 0 radical (unpaired) electrons. The minimum Gasteiger partial charge on any atom is -0.483 e. The molecule has 2 aromatic rings. The lowest BCUT2D eigenvalue weighted by Crippen LogP contribution is -2.51. The maximum absolute atomic E-state index is 12.4. The molecule has 2 N–H and O–H groups in total. The summed E-state index contributed by atoms with van der Waals surface area (Å²) in [7, 11) is 0. The van der Waals surface area contributed by atoms with Crippen molar-refractivity contribution in [2.24, 2.45) is 5.92 Å². The number of hydrogen-bond acceptors (Lipinski definition) is 6. The van der Waals surface area contributed by atoms with Crippen LogP contribution in [0.5, 0.6) is 5.75 Å². The van der Waals surface area contributed by atoms with E-state index < -0.39 is 12.3 Å². The molecule has 1 aromatic carbocycles. The van der Waals surface area contributed by atoms with E-state index in [0.717, 1.165) is 44.6 Å². The number of benzene rings is 1.